The van der Waals surface area contributed by atoms with Gasteiger partial charge in [-0.25, -0.2) is 14.8 Å². The van der Waals surface area contributed by atoms with Gasteiger partial charge >= 0.3 is 6.09 Å². The Kier molecular flexibility index (Phi) is 12.3. The van der Waals surface area contributed by atoms with Crippen molar-refractivity contribution >= 4 is 17.9 Å². The average molecular weight is 775 g/mol. The van der Waals surface area contributed by atoms with Crippen molar-refractivity contribution in [3.05, 3.63) is 107 Å². The van der Waals surface area contributed by atoms with E-state index in [-0.39, 0.29) is 29.3 Å². The molecule has 6 unspecified atom stereocenters. The largest absolute Gasteiger partial charge is 0.453 e. The second-order valence-electron chi connectivity index (χ2n) is 15.1. The molecule has 4 heterocycles. The number of aromatic amines is 3. The Morgan fingerprint density at radius 3 is 2.23 bits per heavy atom. The van der Waals surface area contributed by atoms with E-state index in [1.165, 1.54) is 33.5 Å². The molecule has 5 aromatic rings. The molecule has 14 nitrogen and oxygen atoms in total. The van der Waals surface area contributed by atoms with Crippen LogP contribution in [0, 0.1) is 17.8 Å². The topological polar surface area (TPSA) is 187 Å². The first-order chi connectivity index (χ1) is 27.7. The number of hydrogen-bond acceptors (Lipinski definition) is 8. The fourth-order valence-corrected chi connectivity index (χ4v) is 8.42. The Morgan fingerprint density at radius 1 is 0.895 bits per heavy atom. The van der Waals surface area contributed by atoms with E-state index in [0.29, 0.717) is 24.6 Å². The molecule has 14 heteroatoms. The lowest BCUT2D eigenvalue weighted by molar-refractivity contribution is -0.137. The van der Waals surface area contributed by atoms with Crippen LogP contribution < -0.4 is 16.2 Å². The molecule has 2 aliphatic carbocycles. The molecule has 6 atom stereocenters. The predicted molar refractivity (Wildman–Crippen MR) is 214 cm³/mol. The zero-order valence-corrected chi connectivity index (χ0v) is 32.5. The van der Waals surface area contributed by atoms with Crippen LogP contribution in [-0.2, 0) is 25.6 Å². The van der Waals surface area contributed by atoms with E-state index >= 15 is 0 Å². The number of ether oxygens (including phenoxy) is 2. The Bertz CT molecular complexity index is 2180. The van der Waals surface area contributed by atoms with Crippen LogP contribution in [-0.4, -0.2) is 80.6 Å². The van der Waals surface area contributed by atoms with Gasteiger partial charge in [-0.1, -0.05) is 61.0 Å². The van der Waals surface area contributed by atoms with Crippen molar-refractivity contribution in [2.24, 2.45) is 17.8 Å². The number of carbonyl (C=O) groups excluding carboxylic acids is 3. The Hall–Kier alpha value is -6.02. The van der Waals surface area contributed by atoms with Crippen LogP contribution in [0.3, 0.4) is 0 Å². The molecule has 3 aromatic heterocycles. The number of rotatable bonds is 11. The van der Waals surface area contributed by atoms with Crippen LogP contribution in [0.2, 0.25) is 0 Å². The maximum atomic E-state index is 13.4. The van der Waals surface area contributed by atoms with Gasteiger partial charge in [0.2, 0.25) is 11.8 Å². The standard InChI is InChI=1S/C29H32N6O4.C14H18N2O2/c1-18(38-2)26(34-29(37)39-3)28(36)35-14-4-5-25(35)27-31-16-24(33-27)22-12-8-20(9-13-22)19-6-10-21(11-7-19)23-15-30-17-32-23;17-13-11(2-1-5-15-13)8-16-14(18)12-7-9-3-4-10(12)6-9/h6-13,15-18,25-26H,4-5,14H2,1-3H3,(H,30,32)(H,31,33)(H,34,37);1-2,5,9-10,12H,3-4,6-8H2,(H,15,17)(H,16,18). The van der Waals surface area contributed by atoms with Gasteiger partial charge in [0.15, 0.2) is 0 Å². The monoisotopic (exact) mass is 774 g/mol. The summed E-state index contributed by atoms with van der Waals surface area (Å²) in [6, 6.07) is 19.1. The molecule has 2 bridgehead atoms. The van der Waals surface area contributed by atoms with Crippen molar-refractivity contribution in [1.29, 1.82) is 0 Å². The van der Waals surface area contributed by atoms with Gasteiger partial charge in [0.25, 0.3) is 5.56 Å². The van der Waals surface area contributed by atoms with Crippen LogP contribution in [0.4, 0.5) is 4.79 Å². The lowest BCUT2D eigenvalue weighted by Gasteiger charge is -2.30. The van der Waals surface area contributed by atoms with Gasteiger partial charge < -0.3 is 40.0 Å². The molecule has 2 aromatic carbocycles. The van der Waals surface area contributed by atoms with E-state index in [2.05, 4.69) is 84.1 Å². The highest BCUT2D eigenvalue weighted by Gasteiger charge is 2.43. The molecule has 57 heavy (non-hydrogen) atoms. The molecule has 2 saturated carbocycles. The van der Waals surface area contributed by atoms with Crippen molar-refractivity contribution < 1.29 is 23.9 Å². The van der Waals surface area contributed by atoms with Crippen LogP contribution >= 0.6 is 0 Å². The van der Waals surface area contributed by atoms with Crippen molar-refractivity contribution in [2.45, 2.75) is 70.2 Å². The number of fused-ring (bicyclic) bond motifs is 2. The second kappa shape index (κ2) is 17.8. The third kappa shape index (κ3) is 9.01. The molecule has 3 aliphatic rings. The number of nitrogens with zero attached hydrogens (tertiary/aromatic N) is 3. The first kappa shape index (κ1) is 39.2. The minimum atomic E-state index is -0.862. The molecular weight excluding hydrogens is 725 g/mol. The molecule has 0 radical (unpaired) electrons. The SMILES string of the molecule is COC(=O)NC(C(=O)N1CCCC1c1ncc(-c2ccc(-c3ccc(-c4cnc[nH]4)cc3)cc2)[nH]1)C(C)OC.O=C(NCc1ccc[nH]c1=O)C1CC2CCC1C2. The average Bonchev–Trinajstić information content (AvgIpc) is 4.11. The fourth-order valence-electron chi connectivity index (χ4n) is 8.42. The van der Waals surface area contributed by atoms with Crippen molar-refractivity contribution in [3.8, 4) is 33.6 Å². The molecule has 298 valence electrons. The first-order valence-electron chi connectivity index (χ1n) is 19.6. The van der Waals surface area contributed by atoms with Gasteiger partial charge in [0.05, 0.1) is 49.4 Å². The van der Waals surface area contributed by atoms with E-state index < -0.39 is 18.2 Å². The van der Waals surface area contributed by atoms with Crippen LogP contribution in [0.25, 0.3) is 33.6 Å². The van der Waals surface area contributed by atoms with Gasteiger partial charge in [-0.15, -0.1) is 0 Å². The molecule has 3 fully saturated rings. The number of pyridine rings is 1. The van der Waals surface area contributed by atoms with Crippen molar-refractivity contribution in [1.82, 2.24) is 40.5 Å². The summed E-state index contributed by atoms with van der Waals surface area (Å²) in [5, 5.41) is 5.52. The highest BCUT2D eigenvalue weighted by molar-refractivity contribution is 5.87. The summed E-state index contributed by atoms with van der Waals surface area (Å²) in [5.41, 5.74) is 6.67. The molecule has 1 saturated heterocycles. The summed E-state index contributed by atoms with van der Waals surface area (Å²) in [6.45, 7) is 2.65. The third-order valence-electron chi connectivity index (χ3n) is 11.7. The number of likely N-dealkylation sites (tertiary alicyclic amines) is 1. The van der Waals surface area contributed by atoms with Gasteiger partial charge in [-0.2, -0.15) is 0 Å². The number of H-pyrrole nitrogens is 3. The minimum absolute atomic E-state index is 0.120. The number of nitrogens with one attached hydrogen (secondary N) is 5. The molecule has 1 aliphatic heterocycles. The smallest absolute Gasteiger partial charge is 0.407 e. The number of alkyl carbamates (subject to hydrolysis) is 1. The van der Waals surface area contributed by atoms with Crippen molar-refractivity contribution in [2.75, 3.05) is 20.8 Å². The number of carbonyl (C=O) groups is 3. The highest BCUT2D eigenvalue weighted by atomic mass is 16.5. The normalized spacial score (nSPS) is 20.6. The summed E-state index contributed by atoms with van der Waals surface area (Å²) in [6.07, 6.45) is 12.1. The Labute approximate surface area is 331 Å². The van der Waals surface area contributed by atoms with Crippen LogP contribution in [0.1, 0.15) is 62.9 Å². The van der Waals surface area contributed by atoms with E-state index in [0.717, 1.165) is 64.6 Å². The van der Waals surface area contributed by atoms with E-state index in [1.807, 2.05) is 0 Å². The van der Waals surface area contributed by atoms with Crippen LogP contribution in [0.5, 0.6) is 0 Å². The number of amides is 3. The number of benzene rings is 2. The van der Waals surface area contributed by atoms with Gasteiger partial charge in [0.1, 0.15) is 11.9 Å². The molecule has 5 N–H and O–H groups in total. The molecular formula is C43H50N8O6. The summed E-state index contributed by atoms with van der Waals surface area (Å²) >= 11 is 0. The molecule has 0 spiro atoms. The van der Waals surface area contributed by atoms with Crippen molar-refractivity contribution in [3.63, 3.8) is 0 Å². The first-order valence-corrected chi connectivity index (χ1v) is 19.6. The van der Waals surface area contributed by atoms with Gasteiger partial charge in [-0.3, -0.25) is 14.4 Å². The summed E-state index contributed by atoms with van der Waals surface area (Å²) in [7, 11) is 2.77. The highest BCUT2D eigenvalue weighted by Crippen LogP contribution is 2.48. The van der Waals surface area contributed by atoms with E-state index in [9.17, 15) is 19.2 Å². The zero-order chi connectivity index (χ0) is 39.9. The maximum absolute atomic E-state index is 13.4. The number of aromatic nitrogens is 5. The second-order valence-corrected chi connectivity index (χ2v) is 15.1. The fraction of sp³-hybridized carbons (Fsp3) is 0.395. The summed E-state index contributed by atoms with van der Waals surface area (Å²) in [4.78, 5) is 68.5. The Morgan fingerprint density at radius 2 is 1.61 bits per heavy atom. The lowest BCUT2D eigenvalue weighted by Crippen LogP contribution is -2.54. The van der Waals surface area contributed by atoms with Crippen LogP contribution in [0.15, 0.2) is 90.4 Å². The van der Waals surface area contributed by atoms with Gasteiger partial charge in [-0.05, 0) is 79.2 Å². The summed E-state index contributed by atoms with van der Waals surface area (Å²) < 4.78 is 10.1. The molecule has 3 amide bonds. The quantitative estimate of drug-likeness (QED) is 0.108. The predicted octanol–water partition coefficient (Wildman–Crippen LogP) is 5.98. The summed E-state index contributed by atoms with van der Waals surface area (Å²) in [5.74, 6) is 2.17. The maximum Gasteiger partial charge on any atom is 0.407 e. The van der Waals surface area contributed by atoms with E-state index in [1.54, 1.807) is 48.9 Å². The lowest BCUT2D eigenvalue weighted by atomic mass is 9.88. The third-order valence-corrected chi connectivity index (χ3v) is 11.7. The minimum Gasteiger partial charge on any atom is -0.453 e. The Balaban J connectivity index is 0.000000229. The molecule has 8 rings (SSSR count). The van der Waals surface area contributed by atoms with Gasteiger partial charge in [0, 0.05) is 37.9 Å². The number of methoxy groups -OCH3 is 2. The van der Waals surface area contributed by atoms with E-state index in [4.69, 9.17) is 9.47 Å². The zero-order valence-electron chi connectivity index (χ0n) is 32.5. The number of hydrogen-bond donors (Lipinski definition) is 5. The number of imidazole rings is 2.